The molecule has 0 saturated heterocycles. The summed E-state index contributed by atoms with van der Waals surface area (Å²) in [6.07, 6.45) is 0. The molecule has 0 bridgehead atoms. The van der Waals surface area contributed by atoms with E-state index in [0.29, 0.717) is 5.02 Å². The number of hydrogen-bond donors (Lipinski definition) is 1. The van der Waals surface area contributed by atoms with Crippen LogP contribution in [-0.2, 0) is 6.54 Å². The Balaban J connectivity index is 1.99. The second-order valence-corrected chi connectivity index (χ2v) is 7.32. The zero-order valence-electron chi connectivity index (χ0n) is 15.9. The Bertz CT molecular complexity index is 1210. The van der Waals surface area contributed by atoms with Crippen LogP contribution in [0.2, 0.25) is 10.0 Å². The first-order chi connectivity index (χ1) is 14.3. The Hall–Kier alpha value is -3.27. The predicted molar refractivity (Wildman–Crippen MR) is 114 cm³/mol. The van der Waals surface area contributed by atoms with Crippen LogP contribution in [0.1, 0.15) is 27.0 Å². The first kappa shape index (κ1) is 21.4. The first-order valence-corrected chi connectivity index (χ1v) is 9.60. The molecule has 3 rings (SSSR count). The third-order valence-corrected chi connectivity index (χ3v) is 5.05. The molecule has 30 heavy (non-hydrogen) atoms. The number of ketones is 1. The molecule has 1 aromatic heterocycles. The van der Waals surface area contributed by atoms with Gasteiger partial charge in [0.1, 0.15) is 17.4 Å². The number of aromatic hydroxyl groups is 1. The standard InChI is InChI=1S/C22H16Cl2N2O4/c1-13-16(10-25)21(28)26(11-14-5-3-2-4-6-14)22(29)20(13)18(27)12-30-19-8-7-15(23)9-17(19)24/h2-9,29H,11-12H2,1H3. The molecule has 0 unspecified atom stereocenters. The van der Waals surface area contributed by atoms with Crippen LogP contribution >= 0.6 is 23.2 Å². The Morgan fingerprint density at radius 1 is 1.20 bits per heavy atom. The van der Waals surface area contributed by atoms with Gasteiger partial charge in [-0.2, -0.15) is 5.26 Å². The van der Waals surface area contributed by atoms with E-state index in [0.717, 1.165) is 10.1 Å². The number of ether oxygens (including phenoxy) is 1. The SMILES string of the molecule is Cc1c(C(=O)COc2ccc(Cl)cc2Cl)c(O)n(Cc2ccccc2)c(=O)c1C#N. The molecular formula is C22H16Cl2N2O4. The van der Waals surface area contributed by atoms with Crippen molar-refractivity contribution in [3.63, 3.8) is 0 Å². The number of nitriles is 1. The average Bonchev–Trinajstić information content (AvgIpc) is 2.71. The zero-order chi connectivity index (χ0) is 21.8. The molecule has 1 heterocycles. The molecule has 3 aromatic rings. The van der Waals surface area contributed by atoms with Crippen LogP contribution in [-0.4, -0.2) is 22.1 Å². The van der Waals surface area contributed by atoms with Gasteiger partial charge in [0.25, 0.3) is 5.56 Å². The molecule has 1 N–H and O–H groups in total. The summed E-state index contributed by atoms with van der Waals surface area (Å²) in [5.41, 5.74) is -0.205. The molecule has 0 spiro atoms. The largest absolute Gasteiger partial charge is 0.494 e. The number of hydrogen-bond acceptors (Lipinski definition) is 5. The van der Waals surface area contributed by atoms with E-state index >= 15 is 0 Å². The molecule has 152 valence electrons. The summed E-state index contributed by atoms with van der Waals surface area (Å²) >= 11 is 11.9. The number of rotatable bonds is 6. The maximum absolute atomic E-state index is 12.8. The van der Waals surface area contributed by atoms with E-state index in [1.165, 1.54) is 19.1 Å². The molecule has 2 aromatic carbocycles. The lowest BCUT2D eigenvalue weighted by molar-refractivity contribution is 0.0916. The van der Waals surface area contributed by atoms with Gasteiger partial charge in [-0.15, -0.1) is 0 Å². The maximum atomic E-state index is 12.8. The molecule has 0 saturated carbocycles. The van der Waals surface area contributed by atoms with Crippen LogP contribution in [0.15, 0.2) is 53.3 Å². The summed E-state index contributed by atoms with van der Waals surface area (Å²) in [7, 11) is 0. The third kappa shape index (κ3) is 4.33. The minimum Gasteiger partial charge on any atom is -0.494 e. The van der Waals surface area contributed by atoms with E-state index in [1.807, 2.05) is 12.1 Å². The van der Waals surface area contributed by atoms with Gasteiger partial charge in [0.15, 0.2) is 6.61 Å². The van der Waals surface area contributed by atoms with E-state index in [4.69, 9.17) is 27.9 Å². The normalized spacial score (nSPS) is 10.5. The quantitative estimate of drug-likeness (QED) is 0.572. The Morgan fingerprint density at radius 2 is 1.90 bits per heavy atom. The summed E-state index contributed by atoms with van der Waals surface area (Å²) in [6, 6.07) is 15.3. The topological polar surface area (TPSA) is 92.3 Å². The highest BCUT2D eigenvalue weighted by Crippen LogP contribution is 2.28. The monoisotopic (exact) mass is 442 g/mol. The molecule has 0 aliphatic carbocycles. The van der Waals surface area contributed by atoms with Gasteiger partial charge in [-0.1, -0.05) is 53.5 Å². The molecule has 0 aliphatic heterocycles. The molecule has 6 nitrogen and oxygen atoms in total. The predicted octanol–water partition coefficient (Wildman–Crippen LogP) is 4.35. The number of benzene rings is 2. The Morgan fingerprint density at radius 3 is 2.53 bits per heavy atom. The number of halogens is 2. The average molecular weight is 443 g/mol. The molecule has 8 heteroatoms. The summed E-state index contributed by atoms with van der Waals surface area (Å²) < 4.78 is 6.46. The fourth-order valence-corrected chi connectivity index (χ4v) is 3.47. The second-order valence-electron chi connectivity index (χ2n) is 6.47. The van der Waals surface area contributed by atoms with Crippen molar-refractivity contribution in [2.45, 2.75) is 13.5 Å². The lowest BCUT2D eigenvalue weighted by Gasteiger charge is -2.16. The van der Waals surface area contributed by atoms with Gasteiger partial charge in [0.05, 0.1) is 17.1 Å². The molecule has 0 amide bonds. The van der Waals surface area contributed by atoms with Gasteiger partial charge in [0, 0.05) is 5.02 Å². The van der Waals surface area contributed by atoms with Crippen molar-refractivity contribution in [3.05, 3.63) is 91.2 Å². The maximum Gasteiger partial charge on any atom is 0.271 e. The van der Waals surface area contributed by atoms with Crippen molar-refractivity contribution in [3.8, 4) is 17.7 Å². The minimum atomic E-state index is -0.672. The lowest BCUT2D eigenvalue weighted by Crippen LogP contribution is -2.28. The number of nitrogens with zero attached hydrogens (tertiary/aromatic N) is 2. The van der Waals surface area contributed by atoms with Crippen molar-refractivity contribution < 1.29 is 14.6 Å². The van der Waals surface area contributed by atoms with Crippen LogP contribution in [0.4, 0.5) is 0 Å². The molecule has 0 fully saturated rings. The Kier molecular flexibility index (Phi) is 6.46. The van der Waals surface area contributed by atoms with Crippen molar-refractivity contribution in [2.75, 3.05) is 6.61 Å². The second kappa shape index (κ2) is 9.04. The molecule has 0 radical (unpaired) electrons. The van der Waals surface area contributed by atoms with E-state index in [-0.39, 0.29) is 34.0 Å². The number of carbonyl (C=O) groups is 1. The van der Waals surface area contributed by atoms with Gasteiger partial charge in [0.2, 0.25) is 11.7 Å². The first-order valence-electron chi connectivity index (χ1n) is 8.85. The fraction of sp³-hybridized carbons (Fsp3) is 0.136. The summed E-state index contributed by atoms with van der Waals surface area (Å²) in [6.45, 7) is 0.990. The van der Waals surface area contributed by atoms with Crippen LogP contribution < -0.4 is 10.3 Å². The van der Waals surface area contributed by atoms with Gasteiger partial charge in [-0.25, -0.2) is 0 Å². The van der Waals surface area contributed by atoms with E-state index < -0.39 is 23.8 Å². The smallest absolute Gasteiger partial charge is 0.271 e. The van der Waals surface area contributed by atoms with Crippen LogP contribution in [0, 0.1) is 18.3 Å². The van der Waals surface area contributed by atoms with Gasteiger partial charge < -0.3 is 9.84 Å². The lowest BCUT2D eigenvalue weighted by atomic mass is 10.0. The van der Waals surface area contributed by atoms with Crippen LogP contribution in [0.3, 0.4) is 0 Å². The van der Waals surface area contributed by atoms with Crippen molar-refractivity contribution in [1.82, 2.24) is 4.57 Å². The van der Waals surface area contributed by atoms with Gasteiger partial charge >= 0.3 is 0 Å². The van der Waals surface area contributed by atoms with E-state index in [1.54, 1.807) is 30.3 Å². The zero-order valence-corrected chi connectivity index (χ0v) is 17.4. The molecular weight excluding hydrogens is 427 g/mol. The number of aromatic nitrogens is 1. The highest BCUT2D eigenvalue weighted by Gasteiger charge is 2.24. The fourth-order valence-electron chi connectivity index (χ4n) is 3.01. The van der Waals surface area contributed by atoms with E-state index in [9.17, 15) is 20.0 Å². The van der Waals surface area contributed by atoms with Gasteiger partial charge in [-0.3, -0.25) is 14.2 Å². The number of carbonyl (C=O) groups excluding carboxylic acids is 1. The van der Waals surface area contributed by atoms with Crippen LogP contribution in [0.25, 0.3) is 0 Å². The highest BCUT2D eigenvalue weighted by molar-refractivity contribution is 6.35. The number of pyridine rings is 1. The minimum absolute atomic E-state index is 0.00458. The summed E-state index contributed by atoms with van der Waals surface area (Å²) in [5, 5.41) is 20.8. The third-order valence-electron chi connectivity index (χ3n) is 4.52. The number of Topliss-reactive ketones (excluding diaryl/α,β-unsaturated/α-hetero) is 1. The summed E-state index contributed by atoms with van der Waals surface area (Å²) in [4.78, 5) is 25.5. The van der Waals surface area contributed by atoms with Crippen LogP contribution in [0.5, 0.6) is 11.6 Å². The van der Waals surface area contributed by atoms with Crippen molar-refractivity contribution in [1.29, 1.82) is 5.26 Å². The van der Waals surface area contributed by atoms with Crippen molar-refractivity contribution in [2.24, 2.45) is 0 Å². The molecule has 0 aliphatic rings. The van der Waals surface area contributed by atoms with E-state index in [2.05, 4.69) is 0 Å². The highest BCUT2D eigenvalue weighted by atomic mass is 35.5. The molecule has 0 atom stereocenters. The summed E-state index contributed by atoms with van der Waals surface area (Å²) in [5.74, 6) is -0.879. The van der Waals surface area contributed by atoms with Crippen molar-refractivity contribution >= 4 is 29.0 Å². The Labute approximate surface area is 182 Å². The van der Waals surface area contributed by atoms with Gasteiger partial charge in [-0.05, 0) is 36.2 Å².